The minimum Gasteiger partial charge on any atom is -0.396 e. The van der Waals surface area contributed by atoms with Crippen molar-refractivity contribution >= 4 is 31.9 Å². The zero-order valence-electron chi connectivity index (χ0n) is 6.87. The number of benzene rings is 1. The van der Waals surface area contributed by atoms with Crippen LogP contribution in [-0.4, -0.2) is 16.8 Å². The summed E-state index contributed by atoms with van der Waals surface area (Å²) in [6.45, 7) is -0.00863. The summed E-state index contributed by atoms with van der Waals surface area (Å²) in [5.74, 6) is 0. The highest BCUT2D eigenvalue weighted by atomic mass is 79.9. The van der Waals surface area contributed by atoms with Gasteiger partial charge in [-0.15, -0.1) is 0 Å². The van der Waals surface area contributed by atoms with Crippen LogP contribution in [0.1, 0.15) is 18.1 Å². The molecule has 0 saturated carbocycles. The summed E-state index contributed by atoms with van der Waals surface area (Å²) in [7, 11) is 0. The van der Waals surface area contributed by atoms with Gasteiger partial charge in [0, 0.05) is 22.0 Å². The molecule has 0 radical (unpaired) electrons. The zero-order valence-corrected chi connectivity index (χ0v) is 10.0. The maximum absolute atomic E-state index is 9.57. The number of halogens is 2. The first-order valence-electron chi connectivity index (χ1n) is 3.88. The molecule has 1 rings (SSSR count). The molecule has 13 heavy (non-hydrogen) atoms. The molecule has 1 aromatic rings. The van der Waals surface area contributed by atoms with Crippen LogP contribution in [0, 0.1) is 0 Å². The first-order valence-corrected chi connectivity index (χ1v) is 5.47. The van der Waals surface area contributed by atoms with Gasteiger partial charge in [-0.3, -0.25) is 0 Å². The van der Waals surface area contributed by atoms with E-state index in [1.54, 1.807) is 0 Å². The summed E-state index contributed by atoms with van der Waals surface area (Å²) >= 11 is 6.66. The topological polar surface area (TPSA) is 40.5 Å². The van der Waals surface area contributed by atoms with E-state index in [9.17, 15) is 5.11 Å². The lowest BCUT2D eigenvalue weighted by Crippen LogP contribution is -1.99. The van der Waals surface area contributed by atoms with Gasteiger partial charge in [-0.25, -0.2) is 0 Å². The molecule has 1 atom stereocenters. The fraction of sp³-hybridized carbons (Fsp3) is 0.333. The summed E-state index contributed by atoms with van der Waals surface area (Å²) in [4.78, 5) is 0. The first-order chi connectivity index (χ1) is 6.13. The van der Waals surface area contributed by atoms with Crippen molar-refractivity contribution in [3.8, 4) is 0 Å². The number of rotatable bonds is 3. The molecule has 2 nitrogen and oxygen atoms in total. The van der Waals surface area contributed by atoms with Crippen molar-refractivity contribution in [1.82, 2.24) is 0 Å². The Hall–Kier alpha value is 0.1000. The van der Waals surface area contributed by atoms with E-state index in [-0.39, 0.29) is 6.61 Å². The average Bonchev–Trinajstić information content (AvgIpc) is 2.03. The number of hydrogen-bond acceptors (Lipinski definition) is 2. The van der Waals surface area contributed by atoms with Crippen molar-refractivity contribution in [1.29, 1.82) is 0 Å². The number of aliphatic hydroxyl groups excluding tert-OH is 2. The smallest absolute Gasteiger partial charge is 0.0812 e. The van der Waals surface area contributed by atoms with Crippen LogP contribution in [0.15, 0.2) is 27.1 Å². The molecule has 1 unspecified atom stereocenters. The molecule has 0 aliphatic rings. The van der Waals surface area contributed by atoms with E-state index < -0.39 is 6.10 Å². The summed E-state index contributed by atoms with van der Waals surface area (Å²) in [5, 5.41) is 18.2. The highest BCUT2D eigenvalue weighted by molar-refractivity contribution is 9.11. The van der Waals surface area contributed by atoms with Gasteiger partial charge in [0.15, 0.2) is 0 Å². The molecule has 0 aliphatic heterocycles. The van der Waals surface area contributed by atoms with E-state index >= 15 is 0 Å². The summed E-state index contributed by atoms with van der Waals surface area (Å²) in [6, 6.07) is 5.57. The van der Waals surface area contributed by atoms with Crippen LogP contribution in [-0.2, 0) is 0 Å². The molecule has 0 saturated heterocycles. The maximum atomic E-state index is 9.57. The van der Waals surface area contributed by atoms with Crippen molar-refractivity contribution < 1.29 is 10.2 Å². The van der Waals surface area contributed by atoms with Crippen LogP contribution in [0.3, 0.4) is 0 Å². The fourth-order valence-electron chi connectivity index (χ4n) is 1.06. The summed E-state index contributed by atoms with van der Waals surface area (Å²) < 4.78 is 1.82. The molecule has 0 heterocycles. The van der Waals surface area contributed by atoms with Gasteiger partial charge in [0.05, 0.1) is 6.10 Å². The van der Waals surface area contributed by atoms with E-state index in [1.165, 1.54) is 0 Å². The monoisotopic (exact) mass is 308 g/mol. The molecule has 0 aliphatic carbocycles. The largest absolute Gasteiger partial charge is 0.396 e. The molecule has 2 N–H and O–H groups in total. The standard InChI is InChI=1S/C9H10Br2O2/c10-7-3-6(4-8(11)5-7)9(13)1-2-12/h3-5,9,12-13H,1-2H2. The van der Waals surface area contributed by atoms with Crippen LogP contribution in [0.5, 0.6) is 0 Å². The second-order valence-corrected chi connectivity index (χ2v) is 4.56. The van der Waals surface area contributed by atoms with Gasteiger partial charge < -0.3 is 10.2 Å². The Morgan fingerprint density at radius 2 is 1.69 bits per heavy atom. The van der Waals surface area contributed by atoms with Gasteiger partial charge in [0.1, 0.15) is 0 Å². The lowest BCUT2D eigenvalue weighted by atomic mass is 10.1. The molecular weight excluding hydrogens is 300 g/mol. The molecule has 0 bridgehead atoms. The third-order valence-corrected chi connectivity index (χ3v) is 2.59. The Morgan fingerprint density at radius 3 is 2.15 bits per heavy atom. The van der Waals surface area contributed by atoms with Gasteiger partial charge in [-0.05, 0) is 23.8 Å². The lowest BCUT2D eigenvalue weighted by Gasteiger charge is -2.09. The van der Waals surface area contributed by atoms with Crippen LogP contribution in [0.4, 0.5) is 0 Å². The van der Waals surface area contributed by atoms with Gasteiger partial charge in [0.2, 0.25) is 0 Å². The van der Waals surface area contributed by atoms with Crippen molar-refractivity contribution in [2.24, 2.45) is 0 Å². The molecule has 72 valence electrons. The van der Waals surface area contributed by atoms with Crippen molar-refractivity contribution in [3.63, 3.8) is 0 Å². The average molecular weight is 310 g/mol. The quantitative estimate of drug-likeness (QED) is 0.901. The predicted octanol–water partition coefficient (Wildman–Crippen LogP) is 2.63. The minimum atomic E-state index is -0.598. The van der Waals surface area contributed by atoms with Gasteiger partial charge in [-0.1, -0.05) is 31.9 Å². The van der Waals surface area contributed by atoms with E-state index in [0.29, 0.717) is 6.42 Å². The Labute approximate surface area is 93.8 Å². The van der Waals surface area contributed by atoms with Gasteiger partial charge in [0.25, 0.3) is 0 Å². The molecular formula is C9H10Br2O2. The van der Waals surface area contributed by atoms with E-state index in [1.807, 2.05) is 18.2 Å². The first kappa shape index (κ1) is 11.2. The van der Waals surface area contributed by atoms with E-state index in [4.69, 9.17) is 5.11 Å². The number of hydrogen-bond donors (Lipinski definition) is 2. The SMILES string of the molecule is OCCC(O)c1cc(Br)cc(Br)c1. The maximum Gasteiger partial charge on any atom is 0.0812 e. The minimum absolute atomic E-state index is 0.00863. The molecule has 0 amide bonds. The van der Waals surface area contributed by atoms with Crippen LogP contribution < -0.4 is 0 Å². The summed E-state index contributed by atoms with van der Waals surface area (Å²) in [6.07, 6.45) is -0.234. The van der Waals surface area contributed by atoms with Crippen molar-refractivity contribution in [2.75, 3.05) is 6.61 Å². The Morgan fingerprint density at radius 1 is 1.15 bits per heavy atom. The van der Waals surface area contributed by atoms with Gasteiger partial charge in [-0.2, -0.15) is 0 Å². The zero-order chi connectivity index (χ0) is 9.84. The molecule has 0 fully saturated rings. The van der Waals surface area contributed by atoms with E-state index in [2.05, 4.69) is 31.9 Å². The molecule has 4 heteroatoms. The van der Waals surface area contributed by atoms with Crippen LogP contribution in [0.2, 0.25) is 0 Å². The Kier molecular flexibility index (Phi) is 4.38. The third kappa shape index (κ3) is 3.38. The van der Waals surface area contributed by atoms with Crippen molar-refractivity contribution in [3.05, 3.63) is 32.7 Å². The van der Waals surface area contributed by atoms with Crippen LogP contribution >= 0.6 is 31.9 Å². The number of aliphatic hydroxyl groups is 2. The highest BCUT2D eigenvalue weighted by Crippen LogP contribution is 2.25. The third-order valence-electron chi connectivity index (χ3n) is 1.67. The van der Waals surface area contributed by atoms with E-state index in [0.717, 1.165) is 14.5 Å². The molecule has 1 aromatic carbocycles. The Bertz CT molecular complexity index is 269. The predicted molar refractivity (Wildman–Crippen MR) is 58.5 cm³/mol. The summed E-state index contributed by atoms with van der Waals surface area (Å²) in [5.41, 5.74) is 0.801. The van der Waals surface area contributed by atoms with Crippen molar-refractivity contribution in [2.45, 2.75) is 12.5 Å². The van der Waals surface area contributed by atoms with Gasteiger partial charge >= 0.3 is 0 Å². The second kappa shape index (κ2) is 5.10. The molecule has 0 spiro atoms. The highest BCUT2D eigenvalue weighted by Gasteiger charge is 2.07. The fourth-order valence-corrected chi connectivity index (χ4v) is 2.39. The lowest BCUT2D eigenvalue weighted by molar-refractivity contribution is 0.134. The van der Waals surface area contributed by atoms with Crippen LogP contribution in [0.25, 0.3) is 0 Å². The molecule has 0 aromatic heterocycles. The Balaban J connectivity index is 2.87. The normalized spacial score (nSPS) is 12.9. The second-order valence-electron chi connectivity index (χ2n) is 2.73.